The molecule has 0 unspecified atom stereocenters. The summed E-state index contributed by atoms with van der Waals surface area (Å²) in [5, 5.41) is 2.86. The molecular weight excluding hydrogens is 344 g/mol. The number of hydrogen-bond donors (Lipinski definition) is 1. The van der Waals surface area contributed by atoms with Crippen molar-refractivity contribution < 1.29 is 9.59 Å². The molecule has 0 saturated heterocycles. The normalized spacial score (nSPS) is 10.7. The molecule has 138 valence electrons. The van der Waals surface area contributed by atoms with Crippen molar-refractivity contribution in [2.45, 2.75) is 37.5 Å². The van der Waals surface area contributed by atoms with Crippen molar-refractivity contribution in [1.29, 1.82) is 0 Å². The van der Waals surface area contributed by atoms with Crippen LogP contribution < -0.4 is 5.32 Å². The first kappa shape index (κ1) is 20.0. The topological polar surface area (TPSA) is 49.4 Å². The predicted octanol–water partition coefficient (Wildman–Crippen LogP) is 5.16. The lowest BCUT2D eigenvalue weighted by atomic mass is 10.0. The molecule has 0 aliphatic heterocycles. The Balaban J connectivity index is 1.88. The van der Waals surface area contributed by atoms with E-state index in [-0.39, 0.29) is 11.1 Å². The number of nitrogens with one attached hydrogen (secondary N) is 1. The lowest BCUT2D eigenvalue weighted by molar-refractivity contribution is -0.116. The summed E-state index contributed by atoms with van der Waals surface area (Å²) in [6.45, 7) is 4.34. The summed E-state index contributed by atoms with van der Waals surface area (Å²) < 4.78 is 0. The minimum atomic E-state index is -0.0432. The number of aryl methyl sites for hydroxylation is 1. The minimum absolute atomic E-state index is 0.0287. The zero-order chi connectivity index (χ0) is 19.1. The summed E-state index contributed by atoms with van der Waals surface area (Å²) in [4.78, 5) is 26.3. The van der Waals surface area contributed by atoms with Gasteiger partial charge in [0.1, 0.15) is 0 Å². The lowest BCUT2D eigenvalue weighted by Gasteiger charge is -2.11. The number of carbonyl (C=O) groups excluding carboxylic acids is 2. The van der Waals surface area contributed by atoms with E-state index in [1.165, 1.54) is 10.5 Å². The number of hydrogen-bond acceptors (Lipinski definition) is 3. The van der Waals surface area contributed by atoms with E-state index in [4.69, 9.17) is 0 Å². The number of thioether (sulfide) groups is 1. The van der Waals surface area contributed by atoms with Crippen molar-refractivity contribution >= 4 is 28.6 Å². The third-order valence-electron chi connectivity index (χ3n) is 3.98. The van der Waals surface area contributed by atoms with E-state index in [9.17, 15) is 9.59 Å². The van der Waals surface area contributed by atoms with Crippen molar-refractivity contribution in [2.24, 2.45) is 0 Å². The van der Waals surface area contributed by atoms with E-state index < -0.39 is 0 Å². The highest BCUT2D eigenvalue weighted by Gasteiger charge is 2.09. The Morgan fingerprint density at radius 2 is 1.77 bits per heavy atom. The Morgan fingerprint density at radius 1 is 1.08 bits per heavy atom. The van der Waals surface area contributed by atoms with Gasteiger partial charge in [-0.15, -0.1) is 0 Å². The average Bonchev–Trinajstić information content (AvgIpc) is 2.60. The smallest absolute Gasteiger partial charge is 0.285 e. The molecular formula is C21H26N2O2S. The van der Waals surface area contributed by atoms with Gasteiger partial charge in [0.15, 0.2) is 0 Å². The van der Waals surface area contributed by atoms with Crippen LogP contribution in [-0.2, 0) is 11.2 Å². The zero-order valence-electron chi connectivity index (χ0n) is 15.8. The third-order valence-corrected chi connectivity index (χ3v) is 5.00. The molecule has 1 N–H and O–H groups in total. The Labute approximate surface area is 160 Å². The van der Waals surface area contributed by atoms with Gasteiger partial charge in [-0.3, -0.25) is 9.59 Å². The van der Waals surface area contributed by atoms with Crippen LogP contribution in [0.2, 0.25) is 0 Å². The van der Waals surface area contributed by atoms with Gasteiger partial charge in [-0.2, -0.15) is 0 Å². The van der Waals surface area contributed by atoms with E-state index in [0.29, 0.717) is 24.4 Å². The third kappa shape index (κ3) is 6.23. The summed E-state index contributed by atoms with van der Waals surface area (Å²) in [6, 6.07) is 15.8. The van der Waals surface area contributed by atoms with Gasteiger partial charge in [0, 0.05) is 31.1 Å². The van der Waals surface area contributed by atoms with Gasteiger partial charge in [-0.25, -0.2) is 0 Å². The van der Waals surface area contributed by atoms with Gasteiger partial charge < -0.3 is 10.2 Å². The van der Waals surface area contributed by atoms with Gasteiger partial charge in [0.05, 0.1) is 0 Å². The summed E-state index contributed by atoms with van der Waals surface area (Å²) in [6.07, 6.45) is 1.13. The molecule has 2 amide bonds. The summed E-state index contributed by atoms with van der Waals surface area (Å²) in [5.41, 5.74) is 3.17. The maximum atomic E-state index is 12.2. The standard InChI is InChI=1S/C21H26N2O2S/c1-15(2)17-11-8-16(9-12-17)10-13-20(24)22-18-6-5-7-19(14-18)26-21(25)23(3)4/h5-9,11-12,14-15H,10,13H2,1-4H3,(H,22,24). The van der Waals surface area contributed by atoms with Crippen LogP contribution in [0.15, 0.2) is 53.4 Å². The van der Waals surface area contributed by atoms with Gasteiger partial charge >= 0.3 is 0 Å². The van der Waals surface area contributed by atoms with Crippen LogP contribution in [0.1, 0.15) is 37.3 Å². The van der Waals surface area contributed by atoms with E-state index in [0.717, 1.165) is 22.2 Å². The maximum absolute atomic E-state index is 12.2. The highest BCUT2D eigenvalue weighted by Crippen LogP contribution is 2.23. The van der Waals surface area contributed by atoms with Crippen molar-refractivity contribution in [3.63, 3.8) is 0 Å². The van der Waals surface area contributed by atoms with E-state index in [1.54, 1.807) is 14.1 Å². The Bertz CT molecular complexity index is 755. The Hall–Kier alpha value is -2.27. The number of amides is 2. The second-order valence-electron chi connectivity index (χ2n) is 6.73. The molecule has 2 aromatic rings. The fourth-order valence-electron chi connectivity index (χ4n) is 2.38. The van der Waals surface area contributed by atoms with Gasteiger partial charge in [-0.05, 0) is 53.4 Å². The number of anilines is 1. The molecule has 0 radical (unpaired) electrons. The summed E-state index contributed by atoms with van der Waals surface area (Å²) in [7, 11) is 3.43. The maximum Gasteiger partial charge on any atom is 0.285 e. The SMILES string of the molecule is CC(C)c1ccc(CCC(=O)Nc2cccc(SC(=O)N(C)C)c2)cc1. The fraction of sp³-hybridized carbons (Fsp3) is 0.333. The van der Waals surface area contributed by atoms with Crippen LogP contribution in [-0.4, -0.2) is 30.1 Å². The molecule has 0 heterocycles. The number of nitrogens with zero attached hydrogens (tertiary/aromatic N) is 1. The monoisotopic (exact) mass is 370 g/mol. The Kier molecular flexibility index (Phi) is 7.27. The largest absolute Gasteiger partial charge is 0.339 e. The molecule has 0 saturated carbocycles. The molecule has 0 spiro atoms. The first-order valence-corrected chi connectivity index (χ1v) is 9.54. The number of rotatable bonds is 6. The van der Waals surface area contributed by atoms with Crippen LogP contribution >= 0.6 is 11.8 Å². The quantitative estimate of drug-likeness (QED) is 0.715. The van der Waals surface area contributed by atoms with E-state index >= 15 is 0 Å². The highest BCUT2D eigenvalue weighted by atomic mass is 32.2. The second-order valence-corrected chi connectivity index (χ2v) is 7.76. The van der Waals surface area contributed by atoms with Crippen molar-refractivity contribution in [1.82, 2.24) is 4.90 Å². The van der Waals surface area contributed by atoms with Gasteiger partial charge in [-0.1, -0.05) is 44.2 Å². The second kappa shape index (κ2) is 9.43. The Morgan fingerprint density at radius 3 is 2.38 bits per heavy atom. The van der Waals surface area contributed by atoms with E-state index in [2.05, 4.69) is 43.4 Å². The average molecular weight is 371 g/mol. The first-order valence-electron chi connectivity index (χ1n) is 8.73. The van der Waals surface area contributed by atoms with Gasteiger partial charge in [0.2, 0.25) is 5.91 Å². The molecule has 0 atom stereocenters. The van der Waals surface area contributed by atoms with Crippen molar-refractivity contribution in [2.75, 3.05) is 19.4 Å². The molecule has 2 rings (SSSR count). The molecule has 0 aliphatic rings. The lowest BCUT2D eigenvalue weighted by Crippen LogP contribution is -2.16. The fourth-order valence-corrected chi connectivity index (χ4v) is 3.10. The molecule has 4 nitrogen and oxygen atoms in total. The predicted molar refractivity (Wildman–Crippen MR) is 109 cm³/mol. The van der Waals surface area contributed by atoms with Crippen molar-refractivity contribution in [3.8, 4) is 0 Å². The number of benzene rings is 2. The van der Waals surface area contributed by atoms with Crippen LogP contribution in [0.25, 0.3) is 0 Å². The first-order chi connectivity index (χ1) is 12.3. The molecule has 0 fully saturated rings. The van der Waals surface area contributed by atoms with Crippen LogP contribution in [0.3, 0.4) is 0 Å². The summed E-state index contributed by atoms with van der Waals surface area (Å²) in [5.74, 6) is 0.482. The van der Waals surface area contributed by atoms with Crippen LogP contribution in [0.5, 0.6) is 0 Å². The van der Waals surface area contributed by atoms with E-state index in [1.807, 2.05) is 24.3 Å². The minimum Gasteiger partial charge on any atom is -0.339 e. The molecule has 2 aromatic carbocycles. The molecule has 0 aliphatic carbocycles. The van der Waals surface area contributed by atoms with Crippen LogP contribution in [0.4, 0.5) is 10.5 Å². The van der Waals surface area contributed by atoms with Crippen LogP contribution in [0, 0.1) is 0 Å². The zero-order valence-corrected chi connectivity index (χ0v) is 16.6. The molecule has 26 heavy (non-hydrogen) atoms. The van der Waals surface area contributed by atoms with Crippen molar-refractivity contribution in [3.05, 3.63) is 59.7 Å². The summed E-state index contributed by atoms with van der Waals surface area (Å²) >= 11 is 1.14. The molecule has 0 bridgehead atoms. The number of carbonyl (C=O) groups is 2. The molecule has 5 heteroatoms. The van der Waals surface area contributed by atoms with Gasteiger partial charge in [0.25, 0.3) is 5.24 Å². The highest BCUT2D eigenvalue weighted by molar-refractivity contribution is 8.13. The molecule has 0 aromatic heterocycles.